The number of benzene rings is 1. The zero-order valence-corrected chi connectivity index (χ0v) is 9.09. The lowest BCUT2D eigenvalue weighted by Gasteiger charge is -2.08. The van der Waals surface area contributed by atoms with Gasteiger partial charge in [-0.25, -0.2) is 4.98 Å². The molecule has 0 fully saturated rings. The molecule has 0 aliphatic rings. The van der Waals surface area contributed by atoms with E-state index in [1.165, 1.54) is 6.92 Å². The fourth-order valence-corrected chi connectivity index (χ4v) is 1.64. The number of hydrogen-bond donors (Lipinski definition) is 1. The minimum absolute atomic E-state index is 0.129. The molecule has 18 heavy (non-hydrogen) atoms. The zero-order valence-electron chi connectivity index (χ0n) is 9.09. The van der Waals surface area contributed by atoms with E-state index in [4.69, 9.17) is 5.26 Å². The van der Waals surface area contributed by atoms with Crippen molar-refractivity contribution in [3.63, 3.8) is 0 Å². The molecule has 0 saturated carbocycles. The van der Waals surface area contributed by atoms with E-state index < -0.39 is 17.3 Å². The van der Waals surface area contributed by atoms with Crippen LogP contribution in [0.5, 0.6) is 0 Å². The Morgan fingerprint density at radius 2 is 2.06 bits per heavy atom. The normalized spacial score (nSPS) is 11.5. The van der Waals surface area contributed by atoms with Gasteiger partial charge >= 0.3 is 6.18 Å². The summed E-state index contributed by atoms with van der Waals surface area (Å²) in [7, 11) is 0. The molecule has 0 radical (unpaired) electrons. The van der Waals surface area contributed by atoms with Crippen molar-refractivity contribution < 1.29 is 13.2 Å². The van der Waals surface area contributed by atoms with E-state index in [2.05, 4.69) is 9.97 Å². The lowest BCUT2D eigenvalue weighted by atomic mass is 10.1. The molecule has 92 valence electrons. The number of aryl methyl sites for hydroxylation is 1. The molecule has 0 spiro atoms. The molecule has 0 amide bonds. The van der Waals surface area contributed by atoms with E-state index >= 15 is 0 Å². The molecule has 0 unspecified atom stereocenters. The van der Waals surface area contributed by atoms with Crippen LogP contribution in [0.1, 0.15) is 17.0 Å². The van der Waals surface area contributed by atoms with E-state index in [0.717, 1.165) is 6.07 Å². The number of rotatable bonds is 0. The Hall–Kier alpha value is -2.36. The third-order valence-electron chi connectivity index (χ3n) is 2.37. The predicted molar refractivity (Wildman–Crippen MR) is 56.8 cm³/mol. The standard InChI is InChI=1S/C11H6F3N3O/c1-5-16-8-3-7(11(12,13)14)2-6(4-15)9(8)10(18)17-5/h2-3H,1H3,(H,16,17,18). The Kier molecular flexibility index (Phi) is 2.58. The van der Waals surface area contributed by atoms with Gasteiger partial charge in [-0.15, -0.1) is 0 Å². The van der Waals surface area contributed by atoms with Gasteiger partial charge in [-0.2, -0.15) is 18.4 Å². The number of hydrogen-bond acceptors (Lipinski definition) is 3. The number of halogens is 3. The molecule has 2 rings (SSSR count). The number of fused-ring (bicyclic) bond motifs is 1. The summed E-state index contributed by atoms with van der Waals surface area (Å²) >= 11 is 0. The van der Waals surface area contributed by atoms with Crippen LogP contribution in [0, 0.1) is 18.3 Å². The molecule has 0 aliphatic heterocycles. The van der Waals surface area contributed by atoms with Gasteiger partial charge < -0.3 is 4.98 Å². The van der Waals surface area contributed by atoms with Crippen LogP contribution < -0.4 is 5.56 Å². The molecule has 1 aromatic carbocycles. The maximum absolute atomic E-state index is 12.6. The molecule has 1 aromatic heterocycles. The van der Waals surface area contributed by atoms with Crippen molar-refractivity contribution in [3.05, 3.63) is 39.4 Å². The van der Waals surface area contributed by atoms with Gasteiger partial charge in [0, 0.05) is 0 Å². The maximum Gasteiger partial charge on any atom is 0.416 e. The van der Waals surface area contributed by atoms with Crippen molar-refractivity contribution in [1.82, 2.24) is 9.97 Å². The number of alkyl halides is 3. The van der Waals surface area contributed by atoms with Crippen molar-refractivity contribution in [3.8, 4) is 6.07 Å². The molecule has 0 atom stereocenters. The largest absolute Gasteiger partial charge is 0.416 e. The van der Waals surface area contributed by atoms with E-state index in [1.54, 1.807) is 6.07 Å². The minimum Gasteiger partial charge on any atom is -0.310 e. The van der Waals surface area contributed by atoms with Crippen molar-refractivity contribution in [2.24, 2.45) is 0 Å². The summed E-state index contributed by atoms with van der Waals surface area (Å²) < 4.78 is 37.8. The van der Waals surface area contributed by atoms with Crippen LogP contribution in [0.3, 0.4) is 0 Å². The fourth-order valence-electron chi connectivity index (χ4n) is 1.64. The number of aromatic amines is 1. The van der Waals surface area contributed by atoms with Crippen LogP contribution in [0.25, 0.3) is 10.9 Å². The second-order valence-electron chi connectivity index (χ2n) is 3.68. The highest BCUT2D eigenvalue weighted by Crippen LogP contribution is 2.31. The van der Waals surface area contributed by atoms with Gasteiger partial charge in [-0.1, -0.05) is 0 Å². The second kappa shape index (κ2) is 3.84. The van der Waals surface area contributed by atoms with E-state index in [0.29, 0.717) is 6.07 Å². The summed E-state index contributed by atoms with van der Waals surface area (Å²) in [6.07, 6.45) is -4.59. The highest BCUT2D eigenvalue weighted by Gasteiger charge is 2.32. The Bertz CT molecular complexity index is 725. The number of H-pyrrole nitrogens is 1. The van der Waals surface area contributed by atoms with Crippen LogP contribution in [-0.2, 0) is 6.18 Å². The quantitative estimate of drug-likeness (QED) is 0.781. The molecule has 4 nitrogen and oxygen atoms in total. The van der Waals surface area contributed by atoms with Gasteiger partial charge in [-0.05, 0) is 19.1 Å². The number of aromatic nitrogens is 2. The summed E-state index contributed by atoms with van der Waals surface area (Å²) in [5.41, 5.74) is -2.09. The zero-order chi connectivity index (χ0) is 13.5. The van der Waals surface area contributed by atoms with Crippen LogP contribution in [0.15, 0.2) is 16.9 Å². The summed E-state index contributed by atoms with van der Waals surface area (Å²) in [6, 6.07) is 2.99. The molecule has 0 saturated heterocycles. The van der Waals surface area contributed by atoms with Gasteiger partial charge in [-0.3, -0.25) is 4.79 Å². The van der Waals surface area contributed by atoms with Crippen molar-refractivity contribution in [2.45, 2.75) is 13.1 Å². The Labute approximate surface area is 98.7 Å². The summed E-state index contributed by atoms with van der Waals surface area (Å²) in [5.74, 6) is 0.190. The first-order chi connectivity index (χ1) is 8.32. The first-order valence-electron chi connectivity index (χ1n) is 4.85. The SMILES string of the molecule is Cc1nc2cc(C(F)(F)F)cc(C#N)c2c(=O)[nH]1. The van der Waals surface area contributed by atoms with Gasteiger partial charge in [0.15, 0.2) is 0 Å². The Morgan fingerprint density at radius 3 is 2.61 bits per heavy atom. The van der Waals surface area contributed by atoms with Crippen LogP contribution in [-0.4, -0.2) is 9.97 Å². The molecule has 2 aromatic rings. The lowest BCUT2D eigenvalue weighted by molar-refractivity contribution is -0.137. The first kappa shape index (κ1) is 12.1. The number of nitriles is 1. The van der Waals surface area contributed by atoms with Crippen molar-refractivity contribution >= 4 is 10.9 Å². The molecular weight excluding hydrogens is 247 g/mol. The van der Waals surface area contributed by atoms with Crippen molar-refractivity contribution in [2.75, 3.05) is 0 Å². The summed E-state index contributed by atoms with van der Waals surface area (Å²) in [5, 5.41) is 8.69. The van der Waals surface area contributed by atoms with Gasteiger partial charge in [0.05, 0.1) is 22.0 Å². The lowest BCUT2D eigenvalue weighted by Crippen LogP contribution is -2.13. The van der Waals surface area contributed by atoms with Gasteiger partial charge in [0.25, 0.3) is 5.56 Å². The van der Waals surface area contributed by atoms with Crippen LogP contribution in [0.4, 0.5) is 13.2 Å². The van der Waals surface area contributed by atoms with Crippen molar-refractivity contribution in [1.29, 1.82) is 5.26 Å². The topological polar surface area (TPSA) is 69.5 Å². The van der Waals surface area contributed by atoms with Crippen LogP contribution in [0.2, 0.25) is 0 Å². The van der Waals surface area contributed by atoms with Gasteiger partial charge in [0.1, 0.15) is 11.9 Å². The second-order valence-corrected chi connectivity index (χ2v) is 3.68. The summed E-state index contributed by atoms with van der Waals surface area (Å²) in [4.78, 5) is 17.8. The molecule has 0 aliphatic carbocycles. The fraction of sp³-hybridized carbons (Fsp3) is 0.182. The highest BCUT2D eigenvalue weighted by molar-refractivity contribution is 5.84. The highest BCUT2D eigenvalue weighted by atomic mass is 19.4. The minimum atomic E-state index is -4.59. The predicted octanol–water partition coefficient (Wildman–Crippen LogP) is 2.12. The maximum atomic E-state index is 12.6. The molecule has 7 heteroatoms. The smallest absolute Gasteiger partial charge is 0.310 e. The first-order valence-corrected chi connectivity index (χ1v) is 4.85. The monoisotopic (exact) mass is 253 g/mol. The van der Waals surface area contributed by atoms with E-state index in [9.17, 15) is 18.0 Å². The van der Waals surface area contributed by atoms with Crippen LogP contribution >= 0.6 is 0 Å². The number of nitrogens with zero attached hydrogens (tertiary/aromatic N) is 2. The molecule has 1 heterocycles. The Balaban J connectivity index is 2.94. The summed E-state index contributed by atoms with van der Waals surface area (Å²) in [6.45, 7) is 1.45. The molecule has 1 N–H and O–H groups in total. The average molecular weight is 253 g/mol. The van der Waals surface area contributed by atoms with E-state index in [-0.39, 0.29) is 22.3 Å². The Morgan fingerprint density at radius 1 is 1.39 bits per heavy atom. The third kappa shape index (κ3) is 1.93. The number of nitrogens with one attached hydrogen (secondary N) is 1. The molecule has 0 bridgehead atoms. The van der Waals surface area contributed by atoms with Gasteiger partial charge in [0.2, 0.25) is 0 Å². The van der Waals surface area contributed by atoms with E-state index in [1.807, 2.05) is 0 Å². The average Bonchev–Trinajstić information content (AvgIpc) is 2.25. The molecular formula is C11H6F3N3O. The third-order valence-corrected chi connectivity index (χ3v) is 2.37.